The van der Waals surface area contributed by atoms with Gasteiger partial charge in [0, 0.05) is 6.42 Å². The number of nitrogens with two attached hydrogens (primary N) is 1. The third-order valence-corrected chi connectivity index (χ3v) is 2.89. The number of anilines is 1. The fourth-order valence-corrected chi connectivity index (χ4v) is 1.68. The van der Waals surface area contributed by atoms with Crippen LogP contribution in [0.15, 0.2) is 18.2 Å². The molecule has 1 aromatic carbocycles. The SMILES string of the molecule is CCC(CN)CC(=O)Nc1ccc(O)cc1C(=O)O. The van der Waals surface area contributed by atoms with E-state index in [-0.39, 0.29) is 35.2 Å². The Hall–Kier alpha value is -2.08. The molecule has 0 saturated carbocycles. The van der Waals surface area contributed by atoms with Crippen molar-refractivity contribution in [1.29, 1.82) is 0 Å². The summed E-state index contributed by atoms with van der Waals surface area (Å²) >= 11 is 0. The van der Waals surface area contributed by atoms with Gasteiger partial charge in [-0.15, -0.1) is 0 Å². The van der Waals surface area contributed by atoms with Crippen molar-refractivity contribution in [3.8, 4) is 5.75 Å². The highest BCUT2D eigenvalue weighted by Crippen LogP contribution is 2.22. The summed E-state index contributed by atoms with van der Waals surface area (Å²) in [5.41, 5.74) is 5.54. The van der Waals surface area contributed by atoms with Crippen LogP contribution in [0.5, 0.6) is 5.75 Å². The lowest BCUT2D eigenvalue weighted by molar-refractivity contribution is -0.117. The normalized spacial score (nSPS) is 11.9. The van der Waals surface area contributed by atoms with E-state index in [2.05, 4.69) is 5.32 Å². The van der Waals surface area contributed by atoms with Crippen LogP contribution in [0, 0.1) is 5.92 Å². The predicted octanol–water partition coefficient (Wildman–Crippen LogP) is 1.40. The zero-order valence-corrected chi connectivity index (χ0v) is 10.7. The Labute approximate surface area is 111 Å². The van der Waals surface area contributed by atoms with E-state index in [1.807, 2.05) is 6.92 Å². The Bertz CT molecular complexity index is 470. The van der Waals surface area contributed by atoms with Gasteiger partial charge in [-0.25, -0.2) is 4.79 Å². The number of amides is 1. The van der Waals surface area contributed by atoms with Crippen LogP contribution in [0.25, 0.3) is 0 Å². The third-order valence-electron chi connectivity index (χ3n) is 2.89. The van der Waals surface area contributed by atoms with Crippen LogP contribution in [0.3, 0.4) is 0 Å². The van der Waals surface area contributed by atoms with Crippen molar-refractivity contribution in [1.82, 2.24) is 0 Å². The van der Waals surface area contributed by atoms with E-state index in [9.17, 15) is 14.7 Å². The Morgan fingerprint density at radius 1 is 1.42 bits per heavy atom. The number of carbonyl (C=O) groups is 2. The summed E-state index contributed by atoms with van der Waals surface area (Å²) in [6.45, 7) is 2.35. The third kappa shape index (κ3) is 4.26. The first-order chi connectivity index (χ1) is 8.97. The summed E-state index contributed by atoms with van der Waals surface area (Å²) < 4.78 is 0. The number of hydrogen-bond acceptors (Lipinski definition) is 4. The highest BCUT2D eigenvalue weighted by Gasteiger charge is 2.15. The highest BCUT2D eigenvalue weighted by atomic mass is 16.4. The van der Waals surface area contributed by atoms with Crippen molar-refractivity contribution in [3.63, 3.8) is 0 Å². The summed E-state index contributed by atoms with van der Waals surface area (Å²) in [6.07, 6.45) is 1.03. The second-order valence-electron chi connectivity index (χ2n) is 4.30. The quantitative estimate of drug-likeness (QED) is 0.581. The van der Waals surface area contributed by atoms with Crippen LogP contribution in [-0.4, -0.2) is 28.6 Å². The van der Waals surface area contributed by atoms with Crippen molar-refractivity contribution >= 4 is 17.6 Å². The zero-order chi connectivity index (χ0) is 14.4. The Morgan fingerprint density at radius 3 is 2.63 bits per heavy atom. The van der Waals surface area contributed by atoms with Gasteiger partial charge in [0.05, 0.1) is 11.3 Å². The van der Waals surface area contributed by atoms with E-state index >= 15 is 0 Å². The molecule has 1 unspecified atom stereocenters. The second-order valence-corrected chi connectivity index (χ2v) is 4.30. The molecule has 0 aliphatic heterocycles. The van der Waals surface area contributed by atoms with Gasteiger partial charge in [0.15, 0.2) is 0 Å². The first-order valence-electron chi connectivity index (χ1n) is 6.04. The maximum atomic E-state index is 11.8. The number of phenols is 1. The molecule has 0 aromatic heterocycles. The Morgan fingerprint density at radius 2 is 2.11 bits per heavy atom. The maximum Gasteiger partial charge on any atom is 0.337 e. The molecule has 0 saturated heterocycles. The minimum absolute atomic E-state index is 0.0744. The lowest BCUT2D eigenvalue weighted by atomic mass is 10.0. The summed E-state index contributed by atoms with van der Waals surface area (Å²) in [5, 5.41) is 20.8. The van der Waals surface area contributed by atoms with Gasteiger partial charge in [0.2, 0.25) is 5.91 Å². The number of carbonyl (C=O) groups excluding carboxylic acids is 1. The van der Waals surface area contributed by atoms with E-state index < -0.39 is 5.97 Å². The fourth-order valence-electron chi connectivity index (χ4n) is 1.68. The molecular weight excluding hydrogens is 248 g/mol. The van der Waals surface area contributed by atoms with E-state index in [0.717, 1.165) is 12.5 Å². The van der Waals surface area contributed by atoms with E-state index in [0.29, 0.717) is 6.54 Å². The standard InChI is InChI=1S/C13H18N2O4/c1-2-8(7-14)5-12(17)15-11-4-3-9(16)6-10(11)13(18)19/h3-4,6,8,16H,2,5,7,14H2,1H3,(H,15,17)(H,18,19). The molecule has 0 aliphatic rings. The number of hydrogen-bond donors (Lipinski definition) is 4. The molecule has 0 bridgehead atoms. The summed E-state index contributed by atoms with van der Waals surface area (Å²) in [7, 11) is 0. The van der Waals surface area contributed by atoms with Gasteiger partial charge in [-0.05, 0) is 30.7 Å². The molecule has 0 heterocycles. The number of carboxylic acid groups (broad SMARTS) is 1. The molecule has 6 nitrogen and oxygen atoms in total. The minimum Gasteiger partial charge on any atom is -0.508 e. The molecule has 0 spiro atoms. The van der Waals surface area contributed by atoms with Crippen LogP contribution in [0.1, 0.15) is 30.1 Å². The monoisotopic (exact) mass is 266 g/mol. The molecule has 0 fully saturated rings. The van der Waals surface area contributed by atoms with Gasteiger partial charge in [-0.2, -0.15) is 0 Å². The van der Waals surface area contributed by atoms with Gasteiger partial charge in [0.25, 0.3) is 0 Å². The first-order valence-corrected chi connectivity index (χ1v) is 6.04. The molecule has 6 heteroatoms. The molecular formula is C13H18N2O4. The summed E-state index contributed by atoms with van der Waals surface area (Å²) in [5.74, 6) is -1.59. The van der Waals surface area contributed by atoms with Crippen molar-refractivity contribution in [3.05, 3.63) is 23.8 Å². The molecule has 5 N–H and O–H groups in total. The average Bonchev–Trinajstić information content (AvgIpc) is 2.37. The predicted molar refractivity (Wildman–Crippen MR) is 71.1 cm³/mol. The van der Waals surface area contributed by atoms with Crippen LogP contribution < -0.4 is 11.1 Å². The van der Waals surface area contributed by atoms with Crippen molar-refractivity contribution in [2.45, 2.75) is 19.8 Å². The average molecular weight is 266 g/mol. The smallest absolute Gasteiger partial charge is 0.337 e. The molecule has 1 aromatic rings. The summed E-state index contributed by atoms with van der Waals surface area (Å²) in [4.78, 5) is 22.8. The fraction of sp³-hybridized carbons (Fsp3) is 0.385. The van der Waals surface area contributed by atoms with Crippen molar-refractivity contribution in [2.75, 3.05) is 11.9 Å². The second kappa shape index (κ2) is 6.75. The van der Waals surface area contributed by atoms with E-state index in [4.69, 9.17) is 10.8 Å². The number of aromatic hydroxyl groups is 1. The number of aromatic carboxylic acids is 1. The van der Waals surface area contributed by atoms with Gasteiger partial charge < -0.3 is 21.3 Å². The number of carboxylic acids is 1. The number of nitrogens with one attached hydrogen (secondary N) is 1. The van der Waals surface area contributed by atoms with E-state index in [1.54, 1.807) is 0 Å². The number of phenolic OH excluding ortho intramolecular Hbond substituents is 1. The van der Waals surface area contributed by atoms with Gasteiger partial charge >= 0.3 is 5.97 Å². The van der Waals surface area contributed by atoms with Crippen molar-refractivity contribution < 1.29 is 19.8 Å². The molecule has 1 atom stereocenters. The van der Waals surface area contributed by atoms with Crippen LogP contribution in [-0.2, 0) is 4.79 Å². The van der Waals surface area contributed by atoms with Crippen molar-refractivity contribution in [2.24, 2.45) is 11.7 Å². The molecule has 1 amide bonds. The van der Waals surface area contributed by atoms with Crippen LogP contribution in [0.2, 0.25) is 0 Å². The first kappa shape index (κ1) is 15.0. The lowest BCUT2D eigenvalue weighted by Gasteiger charge is -2.13. The van der Waals surface area contributed by atoms with Gasteiger partial charge in [0.1, 0.15) is 5.75 Å². The van der Waals surface area contributed by atoms with Crippen LogP contribution in [0.4, 0.5) is 5.69 Å². The topological polar surface area (TPSA) is 113 Å². The Balaban J connectivity index is 2.82. The molecule has 19 heavy (non-hydrogen) atoms. The molecule has 0 radical (unpaired) electrons. The van der Waals surface area contributed by atoms with Gasteiger partial charge in [-0.3, -0.25) is 4.79 Å². The molecule has 104 valence electrons. The molecule has 0 aliphatic carbocycles. The van der Waals surface area contributed by atoms with Gasteiger partial charge in [-0.1, -0.05) is 13.3 Å². The zero-order valence-electron chi connectivity index (χ0n) is 10.7. The van der Waals surface area contributed by atoms with E-state index in [1.165, 1.54) is 12.1 Å². The number of benzene rings is 1. The number of rotatable bonds is 6. The molecule has 1 rings (SSSR count). The minimum atomic E-state index is -1.21. The maximum absolute atomic E-state index is 11.8. The highest BCUT2D eigenvalue weighted by molar-refractivity contribution is 6.00. The van der Waals surface area contributed by atoms with Crippen LogP contribution >= 0.6 is 0 Å². The Kier molecular flexibility index (Phi) is 5.32. The lowest BCUT2D eigenvalue weighted by Crippen LogP contribution is -2.22. The summed E-state index contributed by atoms with van der Waals surface area (Å²) in [6, 6.07) is 3.78. The largest absolute Gasteiger partial charge is 0.508 e.